The molecule has 3 unspecified atom stereocenters. The number of amides is 2. The van der Waals surface area contributed by atoms with Gasteiger partial charge in [0.1, 0.15) is 5.16 Å². The van der Waals surface area contributed by atoms with E-state index in [0.717, 1.165) is 17.3 Å². The lowest BCUT2D eigenvalue weighted by atomic mass is 9.75. The Morgan fingerprint density at radius 3 is 2.63 bits per heavy atom. The van der Waals surface area contributed by atoms with Crippen LogP contribution in [0, 0.1) is 17.1 Å². The van der Waals surface area contributed by atoms with E-state index in [-0.39, 0.29) is 33.3 Å². The maximum atomic E-state index is 14.4. The van der Waals surface area contributed by atoms with Gasteiger partial charge in [0.05, 0.1) is 28.0 Å². The minimum absolute atomic E-state index is 0.0253. The van der Waals surface area contributed by atoms with Crippen molar-refractivity contribution in [3.63, 3.8) is 0 Å². The Hall–Kier alpha value is -3.75. The molecule has 0 fully saturated rings. The second-order valence-corrected chi connectivity index (χ2v) is 11.1. The molecule has 3 aromatic rings. The van der Waals surface area contributed by atoms with Gasteiger partial charge in [-0.25, -0.2) is 4.39 Å². The van der Waals surface area contributed by atoms with Gasteiger partial charge in [0.25, 0.3) is 5.91 Å². The van der Waals surface area contributed by atoms with E-state index in [2.05, 4.69) is 27.9 Å². The number of benzene rings is 2. The van der Waals surface area contributed by atoms with Gasteiger partial charge in [-0.15, -0.1) is 0 Å². The van der Waals surface area contributed by atoms with E-state index in [1.807, 2.05) is 49.4 Å². The molecule has 0 radical (unpaired) electrons. The zero-order valence-electron chi connectivity index (χ0n) is 22.8. The first kappa shape index (κ1) is 30.2. The zero-order chi connectivity index (χ0) is 29.6. The quantitative estimate of drug-likeness (QED) is 0.148. The summed E-state index contributed by atoms with van der Waals surface area (Å²) in [6, 6.07) is 17.6. The Bertz CT molecular complexity index is 1470. The molecular formula is C31H32Cl2FN5O2. The third-order valence-corrected chi connectivity index (χ3v) is 8.10. The van der Waals surface area contributed by atoms with Gasteiger partial charge in [-0.05, 0) is 55.2 Å². The number of halogens is 3. The van der Waals surface area contributed by atoms with Crippen molar-refractivity contribution in [1.29, 1.82) is 5.41 Å². The number of hydrogen-bond acceptors (Lipinski definition) is 5. The minimum atomic E-state index is -0.725. The van der Waals surface area contributed by atoms with Crippen LogP contribution in [0.4, 0.5) is 10.1 Å². The molecule has 4 rings (SSSR count). The number of anilines is 1. The highest BCUT2D eigenvalue weighted by Gasteiger charge is 2.32. The van der Waals surface area contributed by atoms with E-state index in [9.17, 15) is 14.0 Å². The van der Waals surface area contributed by atoms with E-state index in [0.29, 0.717) is 31.5 Å². The highest BCUT2D eigenvalue weighted by atomic mass is 35.5. The molecule has 2 amide bonds. The number of nitrogens with zero attached hydrogens (tertiary/aromatic N) is 1. The fourth-order valence-corrected chi connectivity index (χ4v) is 5.32. The molecule has 10 heteroatoms. The minimum Gasteiger partial charge on any atom is -0.355 e. The molecule has 1 aliphatic heterocycles. The average molecular weight is 597 g/mol. The molecule has 0 saturated carbocycles. The first-order valence-electron chi connectivity index (χ1n) is 13.4. The largest absolute Gasteiger partial charge is 0.355 e. The highest BCUT2D eigenvalue weighted by molar-refractivity contribution is 6.36. The molecule has 214 valence electrons. The summed E-state index contributed by atoms with van der Waals surface area (Å²) in [5.74, 6) is -1.60. The molecule has 2 heterocycles. The zero-order valence-corrected chi connectivity index (χ0v) is 24.3. The predicted molar refractivity (Wildman–Crippen MR) is 161 cm³/mol. The molecule has 0 saturated heterocycles. The van der Waals surface area contributed by atoms with Gasteiger partial charge < -0.3 is 21.4 Å². The Balaban J connectivity index is 1.69. The molecule has 2 bridgehead atoms. The molecule has 41 heavy (non-hydrogen) atoms. The van der Waals surface area contributed by atoms with Crippen LogP contribution in [0.5, 0.6) is 0 Å². The normalized spacial score (nSPS) is 21.8. The lowest BCUT2D eigenvalue weighted by molar-refractivity contribution is -0.125. The van der Waals surface area contributed by atoms with Gasteiger partial charge in [0.15, 0.2) is 5.82 Å². The molecule has 7 nitrogen and oxygen atoms in total. The van der Waals surface area contributed by atoms with Crippen molar-refractivity contribution < 1.29 is 14.0 Å². The Labute approximate surface area is 249 Å². The fourth-order valence-electron chi connectivity index (χ4n) is 4.90. The van der Waals surface area contributed by atoms with Gasteiger partial charge in [0, 0.05) is 30.3 Å². The van der Waals surface area contributed by atoms with Crippen LogP contribution in [0.2, 0.25) is 5.02 Å². The van der Waals surface area contributed by atoms with Gasteiger partial charge in [-0.2, -0.15) is 0 Å². The van der Waals surface area contributed by atoms with Crippen LogP contribution < -0.4 is 16.0 Å². The number of nitrogens with one attached hydrogen (secondary N) is 4. The number of fused-ring (bicyclic) bond motifs is 2. The Kier molecular flexibility index (Phi) is 9.78. The number of hydrogen-bond donors (Lipinski definition) is 4. The second-order valence-electron chi connectivity index (χ2n) is 10.3. The summed E-state index contributed by atoms with van der Waals surface area (Å²) in [5.41, 5.74) is 1.84. The first-order valence-corrected chi connectivity index (χ1v) is 14.1. The lowest BCUT2D eigenvalue weighted by Gasteiger charge is -2.33. The van der Waals surface area contributed by atoms with Gasteiger partial charge in [-0.3, -0.25) is 14.6 Å². The molecule has 0 spiro atoms. The SMILES string of the molecule is CC1CCCC(NC(=O)/C(C=N)=C(\Cl)Nc2cccc(Cl)c2F)c2cc(ccn2)C(C)(c2ccccc2)CNC1=O. The molecule has 2 aromatic carbocycles. The molecule has 4 N–H and O–H groups in total. The van der Waals surface area contributed by atoms with Crippen molar-refractivity contribution >= 4 is 46.9 Å². The lowest BCUT2D eigenvalue weighted by Crippen LogP contribution is -2.42. The van der Waals surface area contributed by atoms with E-state index in [1.165, 1.54) is 18.2 Å². The van der Waals surface area contributed by atoms with Crippen LogP contribution in [0.15, 0.2) is 77.6 Å². The maximum absolute atomic E-state index is 14.4. The standard InChI is InChI=1S/C31H32Cl2FN5O2/c1-19-8-6-12-24(39-30(41)22(17-35)28(33)38-25-13-7-11-23(32)27(25)34)26-16-21(14-15-36-26)31(2,18-37-29(19)40)20-9-4-3-5-10-20/h3-5,7,9-11,13-17,19,24,35,38H,6,8,12,18H2,1-2H3,(H,37,40)(H,39,41)/b28-22+,35-17?. The van der Waals surface area contributed by atoms with E-state index < -0.39 is 23.2 Å². The van der Waals surface area contributed by atoms with Crippen LogP contribution in [-0.2, 0) is 15.0 Å². The summed E-state index contributed by atoms with van der Waals surface area (Å²) in [6.45, 7) is 4.35. The van der Waals surface area contributed by atoms with Crippen molar-refractivity contribution in [3.05, 3.63) is 105 Å². The van der Waals surface area contributed by atoms with Gasteiger partial charge in [-0.1, -0.05) is 72.9 Å². The highest BCUT2D eigenvalue weighted by Crippen LogP contribution is 2.34. The van der Waals surface area contributed by atoms with Crippen LogP contribution in [-0.4, -0.2) is 29.6 Å². The van der Waals surface area contributed by atoms with Gasteiger partial charge in [0.2, 0.25) is 5.91 Å². The molecule has 0 aliphatic carbocycles. The van der Waals surface area contributed by atoms with Crippen molar-refractivity contribution in [2.45, 2.75) is 44.6 Å². The number of carbonyl (C=O) groups is 2. The van der Waals surface area contributed by atoms with Crippen molar-refractivity contribution in [2.24, 2.45) is 5.92 Å². The van der Waals surface area contributed by atoms with Crippen LogP contribution in [0.1, 0.15) is 56.0 Å². The van der Waals surface area contributed by atoms with E-state index in [4.69, 9.17) is 28.6 Å². The first-order chi connectivity index (χ1) is 19.6. The van der Waals surface area contributed by atoms with Crippen molar-refractivity contribution in [3.8, 4) is 0 Å². The summed E-state index contributed by atoms with van der Waals surface area (Å²) >= 11 is 12.2. The average Bonchev–Trinajstić information content (AvgIpc) is 2.98. The maximum Gasteiger partial charge on any atom is 0.256 e. The van der Waals surface area contributed by atoms with Crippen LogP contribution in [0.3, 0.4) is 0 Å². The fraction of sp³-hybridized carbons (Fsp3) is 0.290. The Morgan fingerprint density at radius 2 is 1.90 bits per heavy atom. The summed E-state index contributed by atoms with van der Waals surface area (Å²) in [5, 5.41) is 16.2. The van der Waals surface area contributed by atoms with E-state index in [1.54, 1.807) is 6.20 Å². The predicted octanol–water partition coefficient (Wildman–Crippen LogP) is 6.49. The van der Waals surface area contributed by atoms with E-state index >= 15 is 0 Å². The van der Waals surface area contributed by atoms with Crippen molar-refractivity contribution in [2.75, 3.05) is 11.9 Å². The summed E-state index contributed by atoms with van der Waals surface area (Å²) < 4.78 is 14.4. The van der Waals surface area contributed by atoms with Gasteiger partial charge >= 0.3 is 0 Å². The third kappa shape index (κ3) is 6.94. The summed E-state index contributed by atoms with van der Waals surface area (Å²) in [7, 11) is 0. The summed E-state index contributed by atoms with van der Waals surface area (Å²) in [6.07, 6.45) is 4.27. The third-order valence-electron chi connectivity index (χ3n) is 7.51. The van der Waals surface area contributed by atoms with Crippen LogP contribution >= 0.6 is 23.2 Å². The second kappa shape index (κ2) is 13.3. The molecule has 3 atom stereocenters. The number of rotatable bonds is 6. The number of aromatic nitrogens is 1. The molecular weight excluding hydrogens is 564 g/mol. The summed E-state index contributed by atoms with van der Waals surface area (Å²) in [4.78, 5) is 31.0. The topological polar surface area (TPSA) is 107 Å². The molecule has 1 aromatic heterocycles. The Morgan fingerprint density at radius 1 is 1.15 bits per heavy atom. The number of pyridine rings is 1. The monoisotopic (exact) mass is 595 g/mol. The molecule has 1 aliphatic rings. The number of carbonyl (C=O) groups excluding carboxylic acids is 2. The van der Waals surface area contributed by atoms with Crippen molar-refractivity contribution in [1.82, 2.24) is 15.6 Å². The smallest absolute Gasteiger partial charge is 0.256 e. The van der Waals surface area contributed by atoms with Crippen LogP contribution in [0.25, 0.3) is 0 Å².